The van der Waals surface area contributed by atoms with Crippen LogP contribution in [-0.4, -0.2) is 4.98 Å². The molecule has 3 aromatic rings. The second kappa shape index (κ2) is 5.49. The van der Waals surface area contributed by atoms with Gasteiger partial charge in [0, 0.05) is 14.5 Å². The molecule has 0 spiro atoms. The fraction of sp³-hybridized carbons (Fsp3) is 0.0556. The molecule has 0 N–H and O–H groups in total. The van der Waals surface area contributed by atoms with E-state index in [2.05, 4.69) is 4.98 Å². The highest BCUT2D eigenvalue weighted by Gasteiger charge is 2.06. The minimum atomic E-state index is -1.58. The summed E-state index contributed by atoms with van der Waals surface area (Å²) in [6.45, 7) is 0. The summed E-state index contributed by atoms with van der Waals surface area (Å²) < 4.78 is 17.1. The van der Waals surface area contributed by atoms with E-state index in [4.69, 9.17) is 2.74 Å². The van der Waals surface area contributed by atoms with E-state index in [1.54, 1.807) is 12.3 Å². The monoisotopic (exact) mass is 247 g/mol. The van der Waals surface area contributed by atoms with Crippen LogP contribution < -0.4 is 0 Å². The molecule has 0 aliphatic carbocycles. The molecule has 1 heterocycles. The molecule has 1 aromatic heterocycles. The van der Waals surface area contributed by atoms with Gasteiger partial charge < -0.3 is 0 Å². The van der Waals surface area contributed by atoms with Crippen LogP contribution in [0.2, 0.25) is 0 Å². The van der Waals surface area contributed by atoms with Gasteiger partial charge in [-0.25, -0.2) is 0 Å². The lowest BCUT2D eigenvalue weighted by molar-refractivity contribution is 1.15. The summed E-state index contributed by atoms with van der Waals surface area (Å²) in [6, 6.07) is 22.5. The predicted molar refractivity (Wildman–Crippen MR) is 78.9 cm³/mol. The number of nitrogens with zero attached hydrogens (tertiary/aromatic N) is 1. The van der Waals surface area contributed by atoms with Crippen molar-refractivity contribution in [1.29, 1.82) is 0 Å². The molecule has 3 rings (SSSR count). The van der Waals surface area contributed by atoms with Crippen molar-refractivity contribution in [3.63, 3.8) is 0 Å². The second-order valence-electron chi connectivity index (χ2n) is 4.26. The summed E-state index contributed by atoms with van der Waals surface area (Å²) in [6.07, 6.45) is 0.119. The van der Waals surface area contributed by atoms with Crippen molar-refractivity contribution >= 4 is 0 Å². The quantitative estimate of drug-likeness (QED) is 0.671. The molecule has 0 aliphatic rings. The summed E-state index contributed by atoms with van der Waals surface area (Å²) in [4.78, 5) is 4.40. The van der Waals surface area contributed by atoms with Crippen molar-refractivity contribution in [2.75, 3.05) is 0 Å². The van der Waals surface area contributed by atoms with Crippen molar-refractivity contribution in [3.8, 4) is 11.3 Å². The van der Waals surface area contributed by atoms with Gasteiger partial charge in [-0.05, 0) is 23.6 Å². The van der Waals surface area contributed by atoms with Gasteiger partial charge in [0.2, 0.25) is 0 Å². The van der Waals surface area contributed by atoms with E-state index in [1.165, 1.54) is 0 Å². The lowest BCUT2D eigenvalue weighted by atomic mass is 10.00. The molecule has 0 bridgehead atoms. The Kier molecular flexibility index (Phi) is 2.75. The molecule has 1 heteroatoms. The third-order valence-corrected chi connectivity index (χ3v) is 2.91. The van der Waals surface area contributed by atoms with Gasteiger partial charge in [-0.2, -0.15) is 0 Å². The Hall–Kier alpha value is -2.41. The fourth-order valence-corrected chi connectivity index (χ4v) is 2.01. The average Bonchev–Trinajstić information content (AvgIpc) is 2.56. The number of pyridine rings is 1. The molecular weight excluding hydrogens is 230 g/mol. The number of aromatic nitrogens is 1. The van der Waals surface area contributed by atoms with Crippen LogP contribution >= 0.6 is 0 Å². The van der Waals surface area contributed by atoms with Gasteiger partial charge in [0.05, 0.1) is 5.69 Å². The maximum Gasteiger partial charge on any atom is 0.0737 e. The van der Waals surface area contributed by atoms with Crippen LogP contribution in [0.15, 0.2) is 79.0 Å². The van der Waals surface area contributed by atoms with Crippen LogP contribution in [0.5, 0.6) is 0 Å². The van der Waals surface area contributed by atoms with Gasteiger partial charge in [0.1, 0.15) is 0 Å². The SMILES string of the molecule is [2H]C([2H])(c1ccccc1)c1cccnc1-c1ccccc1. The van der Waals surface area contributed by atoms with Crippen LogP contribution in [0, 0.1) is 0 Å². The van der Waals surface area contributed by atoms with Gasteiger partial charge in [-0.3, -0.25) is 4.98 Å². The van der Waals surface area contributed by atoms with E-state index in [9.17, 15) is 0 Å². The topological polar surface area (TPSA) is 12.9 Å². The fourth-order valence-electron chi connectivity index (χ4n) is 2.01. The first-order chi connectivity index (χ1) is 10.2. The third kappa shape index (κ3) is 2.71. The number of hydrogen-bond acceptors (Lipinski definition) is 1. The lowest BCUT2D eigenvalue weighted by Crippen LogP contribution is -1.94. The third-order valence-electron chi connectivity index (χ3n) is 2.91. The molecule has 92 valence electrons. The Morgan fingerprint density at radius 2 is 1.47 bits per heavy atom. The molecule has 0 saturated heterocycles. The van der Waals surface area contributed by atoms with Gasteiger partial charge in [-0.15, -0.1) is 0 Å². The molecule has 0 unspecified atom stereocenters. The zero-order valence-corrected chi connectivity index (χ0v) is 10.5. The summed E-state index contributed by atoms with van der Waals surface area (Å²) >= 11 is 0. The predicted octanol–water partition coefficient (Wildman–Crippen LogP) is 4.34. The standard InChI is InChI=1S/C18H15N/c1-3-8-15(9-4-1)14-17-12-7-13-19-18(17)16-10-5-2-6-11-16/h1-13H,14H2/i14D2. The minimum Gasteiger partial charge on any atom is -0.256 e. The van der Waals surface area contributed by atoms with Gasteiger partial charge in [0.25, 0.3) is 0 Å². The zero-order valence-electron chi connectivity index (χ0n) is 12.5. The van der Waals surface area contributed by atoms with Gasteiger partial charge >= 0.3 is 0 Å². The zero-order chi connectivity index (χ0) is 14.7. The summed E-state index contributed by atoms with van der Waals surface area (Å²) in [5.41, 5.74) is 2.83. The molecule has 19 heavy (non-hydrogen) atoms. The minimum absolute atomic E-state index is 0.586. The molecule has 1 nitrogen and oxygen atoms in total. The Balaban J connectivity index is 2.16. The van der Waals surface area contributed by atoms with Crippen LogP contribution in [0.3, 0.4) is 0 Å². The molecule has 0 aliphatic heterocycles. The molecule has 2 aromatic carbocycles. The van der Waals surface area contributed by atoms with Crippen molar-refractivity contribution in [3.05, 3.63) is 90.1 Å². The maximum absolute atomic E-state index is 8.53. The van der Waals surface area contributed by atoms with Crippen molar-refractivity contribution in [2.45, 2.75) is 6.37 Å². The van der Waals surface area contributed by atoms with Gasteiger partial charge in [0.15, 0.2) is 0 Å². The number of rotatable bonds is 3. The van der Waals surface area contributed by atoms with Crippen molar-refractivity contribution in [2.24, 2.45) is 0 Å². The highest BCUT2D eigenvalue weighted by atomic mass is 14.7. The maximum atomic E-state index is 8.53. The molecular formula is C18H15N. The smallest absolute Gasteiger partial charge is 0.0737 e. The van der Waals surface area contributed by atoms with Crippen LogP contribution in [0.25, 0.3) is 11.3 Å². The molecule has 0 saturated carbocycles. The largest absolute Gasteiger partial charge is 0.256 e. The Labute approximate surface area is 116 Å². The van der Waals surface area contributed by atoms with Crippen molar-refractivity contribution < 1.29 is 2.74 Å². The first-order valence-corrected chi connectivity index (χ1v) is 6.26. The number of benzene rings is 2. The highest BCUT2D eigenvalue weighted by molar-refractivity contribution is 5.63. The Bertz CT molecular complexity index is 724. The van der Waals surface area contributed by atoms with E-state index in [0.29, 0.717) is 16.8 Å². The average molecular weight is 247 g/mol. The second-order valence-corrected chi connectivity index (χ2v) is 4.26. The first kappa shape index (κ1) is 9.51. The highest BCUT2D eigenvalue weighted by Crippen LogP contribution is 2.22. The summed E-state index contributed by atoms with van der Waals surface area (Å²) in [5, 5.41) is 0. The normalized spacial score (nSPS) is 12.6. The molecule has 0 fully saturated rings. The van der Waals surface area contributed by atoms with Crippen molar-refractivity contribution in [1.82, 2.24) is 4.98 Å². The summed E-state index contributed by atoms with van der Waals surface area (Å²) in [7, 11) is 0. The van der Waals surface area contributed by atoms with Gasteiger partial charge in [-0.1, -0.05) is 66.7 Å². The van der Waals surface area contributed by atoms with Crippen LogP contribution in [0.1, 0.15) is 13.9 Å². The van der Waals surface area contributed by atoms with E-state index < -0.39 is 6.37 Å². The van der Waals surface area contributed by atoms with E-state index in [0.717, 1.165) is 5.56 Å². The first-order valence-electron chi connectivity index (χ1n) is 7.26. The molecule has 0 radical (unpaired) electrons. The Morgan fingerprint density at radius 1 is 0.789 bits per heavy atom. The van der Waals surface area contributed by atoms with E-state index in [1.807, 2.05) is 66.7 Å². The molecule has 0 atom stereocenters. The molecule has 0 amide bonds. The Morgan fingerprint density at radius 3 is 2.21 bits per heavy atom. The summed E-state index contributed by atoms with van der Waals surface area (Å²) in [5.74, 6) is 0. The van der Waals surface area contributed by atoms with E-state index >= 15 is 0 Å². The van der Waals surface area contributed by atoms with E-state index in [-0.39, 0.29) is 0 Å². The van der Waals surface area contributed by atoms with Crippen LogP contribution in [-0.2, 0) is 6.37 Å². The number of hydrogen-bond donors (Lipinski definition) is 0. The lowest BCUT2D eigenvalue weighted by Gasteiger charge is -2.08. The van der Waals surface area contributed by atoms with Crippen LogP contribution in [0.4, 0.5) is 0 Å².